The van der Waals surface area contributed by atoms with E-state index >= 15 is 0 Å². The van der Waals surface area contributed by atoms with E-state index in [1.54, 1.807) is 20.2 Å². The van der Waals surface area contributed by atoms with Crippen molar-refractivity contribution in [1.82, 2.24) is 9.88 Å². The Bertz CT molecular complexity index is 538. The van der Waals surface area contributed by atoms with Gasteiger partial charge >= 0.3 is 0 Å². The van der Waals surface area contributed by atoms with Crippen LogP contribution < -0.4 is 16.2 Å². The third-order valence-electron chi connectivity index (χ3n) is 3.29. The number of carbonyl (C=O) groups is 1. The number of hydrogen-bond donors (Lipinski definition) is 2. The third kappa shape index (κ3) is 3.02. The zero-order valence-corrected chi connectivity index (χ0v) is 11.4. The monoisotopic (exact) mass is 265 g/mol. The number of carbonyl (C=O) groups excluding carboxylic acids is 1. The second-order valence-corrected chi connectivity index (χ2v) is 4.82. The highest BCUT2D eigenvalue weighted by Gasteiger charge is 2.28. The molecule has 6 nitrogen and oxygen atoms in total. The summed E-state index contributed by atoms with van der Waals surface area (Å²) in [5.41, 5.74) is 1.30. The molecule has 0 spiro atoms. The number of ether oxygens (including phenoxy) is 1. The van der Waals surface area contributed by atoms with Crippen LogP contribution in [0.3, 0.4) is 0 Å². The Kier molecular flexibility index (Phi) is 4.01. The summed E-state index contributed by atoms with van der Waals surface area (Å²) in [5.74, 6) is -0.144. The largest absolute Gasteiger partial charge is 0.375 e. The van der Waals surface area contributed by atoms with Crippen molar-refractivity contribution in [3.05, 3.63) is 28.2 Å². The summed E-state index contributed by atoms with van der Waals surface area (Å²) in [6.07, 6.45) is 1.46. The van der Waals surface area contributed by atoms with E-state index in [4.69, 9.17) is 4.74 Å². The molecule has 0 saturated carbocycles. The van der Waals surface area contributed by atoms with Gasteiger partial charge in [-0.3, -0.25) is 9.59 Å². The van der Waals surface area contributed by atoms with Gasteiger partial charge < -0.3 is 19.9 Å². The van der Waals surface area contributed by atoms with Gasteiger partial charge in [0.2, 0.25) is 5.91 Å². The number of rotatable bonds is 2. The first-order chi connectivity index (χ1) is 8.99. The highest BCUT2D eigenvalue weighted by Crippen LogP contribution is 2.13. The number of hydrogen-bond acceptors (Lipinski definition) is 4. The van der Waals surface area contributed by atoms with E-state index in [-0.39, 0.29) is 23.6 Å². The minimum atomic E-state index is -0.370. The van der Waals surface area contributed by atoms with E-state index in [1.807, 2.05) is 6.92 Å². The van der Waals surface area contributed by atoms with Gasteiger partial charge in [-0.25, -0.2) is 0 Å². The molecular formula is C13H19N3O3. The van der Waals surface area contributed by atoms with Crippen LogP contribution in [-0.4, -0.2) is 35.8 Å². The summed E-state index contributed by atoms with van der Waals surface area (Å²) in [7, 11) is 1.65. The lowest BCUT2D eigenvalue weighted by Gasteiger charge is -2.29. The number of morpholine rings is 1. The van der Waals surface area contributed by atoms with E-state index in [9.17, 15) is 9.59 Å². The summed E-state index contributed by atoms with van der Waals surface area (Å²) in [6.45, 7) is 4.94. The maximum absolute atomic E-state index is 12.2. The van der Waals surface area contributed by atoms with Crippen LogP contribution in [0.25, 0.3) is 0 Å². The highest BCUT2D eigenvalue weighted by atomic mass is 16.5. The fraction of sp³-hybridized carbons (Fsp3) is 0.538. The molecule has 0 aromatic carbocycles. The molecule has 2 rings (SSSR count). The van der Waals surface area contributed by atoms with Crippen LogP contribution in [0.2, 0.25) is 0 Å². The molecule has 2 N–H and O–H groups in total. The lowest BCUT2D eigenvalue weighted by molar-refractivity contribution is -0.123. The van der Waals surface area contributed by atoms with Crippen LogP contribution in [0.5, 0.6) is 0 Å². The first-order valence-corrected chi connectivity index (χ1v) is 6.32. The molecule has 19 heavy (non-hydrogen) atoms. The van der Waals surface area contributed by atoms with Gasteiger partial charge in [-0.15, -0.1) is 0 Å². The van der Waals surface area contributed by atoms with Crippen LogP contribution in [0.15, 0.2) is 17.1 Å². The predicted octanol–water partition coefficient (Wildman–Crippen LogP) is 0.00912. The van der Waals surface area contributed by atoms with Gasteiger partial charge in [0.25, 0.3) is 5.56 Å². The number of nitrogens with one attached hydrogen (secondary N) is 2. The Hall–Kier alpha value is -1.66. The van der Waals surface area contributed by atoms with Crippen LogP contribution in [0.4, 0.5) is 5.69 Å². The van der Waals surface area contributed by atoms with Crippen molar-refractivity contribution in [2.45, 2.75) is 26.0 Å². The molecule has 1 aromatic heterocycles. The lowest BCUT2D eigenvalue weighted by Crippen LogP contribution is -2.53. The van der Waals surface area contributed by atoms with Gasteiger partial charge in [-0.05, 0) is 19.4 Å². The van der Waals surface area contributed by atoms with Crippen molar-refractivity contribution in [3.8, 4) is 0 Å². The Morgan fingerprint density at radius 3 is 3.00 bits per heavy atom. The molecule has 104 valence electrons. The van der Waals surface area contributed by atoms with E-state index in [2.05, 4.69) is 10.6 Å². The summed E-state index contributed by atoms with van der Waals surface area (Å²) in [4.78, 5) is 23.6. The van der Waals surface area contributed by atoms with Crippen LogP contribution in [-0.2, 0) is 16.6 Å². The third-order valence-corrected chi connectivity index (χ3v) is 3.29. The van der Waals surface area contributed by atoms with Crippen molar-refractivity contribution in [3.63, 3.8) is 0 Å². The minimum Gasteiger partial charge on any atom is -0.375 e. The zero-order valence-electron chi connectivity index (χ0n) is 11.4. The fourth-order valence-corrected chi connectivity index (χ4v) is 2.09. The molecule has 2 atom stereocenters. The SMILES string of the molecule is Cc1cc(=O)n(C)cc1NC(=O)[C@H]1NCCO[C@@H]1C. The predicted molar refractivity (Wildman–Crippen MR) is 72.3 cm³/mol. The van der Waals surface area contributed by atoms with E-state index in [0.717, 1.165) is 5.56 Å². The molecule has 1 aliphatic heterocycles. The number of aromatic nitrogens is 1. The van der Waals surface area contributed by atoms with Gasteiger partial charge in [0.15, 0.2) is 0 Å². The molecule has 0 unspecified atom stereocenters. The topological polar surface area (TPSA) is 72.4 Å². The molecule has 1 fully saturated rings. The maximum atomic E-state index is 12.2. The first-order valence-electron chi connectivity index (χ1n) is 6.32. The van der Waals surface area contributed by atoms with Gasteiger partial charge in [-0.1, -0.05) is 0 Å². The van der Waals surface area contributed by atoms with Crippen molar-refractivity contribution in [1.29, 1.82) is 0 Å². The molecule has 1 aliphatic rings. The average molecular weight is 265 g/mol. The van der Waals surface area contributed by atoms with Crippen molar-refractivity contribution < 1.29 is 9.53 Å². The smallest absolute Gasteiger partial charge is 0.250 e. The van der Waals surface area contributed by atoms with Crippen LogP contribution >= 0.6 is 0 Å². The molecule has 6 heteroatoms. The zero-order chi connectivity index (χ0) is 14.0. The highest BCUT2D eigenvalue weighted by molar-refractivity contribution is 5.95. The molecule has 1 saturated heterocycles. The van der Waals surface area contributed by atoms with Gasteiger partial charge in [0.05, 0.1) is 18.4 Å². The molecule has 0 radical (unpaired) electrons. The normalized spacial score (nSPS) is 23.1. The lowest BCUT2D eigenvalue weighted by atomic mass is 10.1. The minimum absolute atomic E-state index is 0.0945. The summed E-state index contributed by atoms with van der Waals surface area (Å²) < 4.78 is 6.89. The van der Waals surface area contributed by atoms with Crippen molar-refractivity contribution in [2.24, 2.45) is 7.05 Å². The average Bonchev–Trinajstić information content (AvgIpc) is 2.36. The van der Waals surface area contributed by atoms with Gasteiger partial charge in [-0.2, -0.15) is 0 Å². The molecular weight excluding hydrogens is 246 g/mol. The van der Waals surface area contributed by atoms with Crippen LogP contribution in [0.1, 0.15) is 12.5 Å². The number of aryl methyl sites for hydroxylation is 2. The second-order valence-electron chi connectivity index (χ2n) is 4.82. The van der Waals surface area contributed by atoms with Gasteiger partial charge in [0.1, 0.15) is 6.04 Å². The number of pyridine rings is 1. The molecule has 0 bridgehead atoms. The maximum Gasteiger partial charge on any atom is 0.250 e. The van der Waals surface area contributed by atoms with E-state index in [0.29, 0.717) is 18.8 Å². The Morgan fingerprint density at radius 1 is 1.58 bits per heavy atom. The van der Waals surface area contributed by atoms with Crippen molar-refractivity contribution in [2.75, 3.05) is 18.5 Å². The molecule has 1 amide bonds. The summed E-state index contributed by atoms with van der Waals surface area (Å²) >= 11 is 0. The van der Waals surface area contributed by atoms with Crippen molar-refractivity contribution >= 4 is 11.6 Å². The summed E-state index contributed by atoms with van der Waals surface area (Å²) in [5, 5.41) is 5.97. The fourth-order valence-electron chi connectivity index (χ4n) is 2.09. The molecule has 2 heterocycles. The standard InChI is InChI=1S/C13H19N3O3/c1-8-6-11(17)16(3)7-10(8)15-13(18)12-9(2)19-5-4-14-12/h6-7,9,12,14H,4-5H2,1-3H3,(H,15,18)/t9-,12+/m1/s1. The Balaban J connectivity index is 2.14. The number of anilines is 1. The number of nitrogens with zero attached hydrogens (tertiary/aromatic N) is 1. The van der Waals surface area contributed by atoms with Gasteiger partial charge in [0, 0.05) is 25.9 Å². The molecule has 0 aliphatic carbocycles. The Labute approximate surface area is 111 Å². The number of amides is 1. The first kappa shape index (κ1) is 13.8. The molecule has 1 aromatic rings. The second kappa shape index (κ2) is 5.54. The van der Waals surface area contributed by atoms with E-state index < -0.39 is 0 Å². The Morgan fingerprint density at radius 2 is 2.32 bits per heavy atom. The summed E-state index contributed by atoms with van der Waals surface area (Å²) in [6, 6.07) is 1.13. The van der Waals surface area contributed by atoms with E-state index in [1.165, 1.54) is 10.6 Å². The van der Waals surface area contributed by atoms with Crippen LogP contribution in [0, 0.1) is 6.92 Å². The quantitative estimate of drug-likeness (QED) is 0.790.